The second-order valence-electron chi connectivity index (χ2n) is 5.16. The standard InChI is InChI=1S/C17H14N4O/c22-16(10-12-11-19-14-5-2-1-4-13(12)14)20-15-6-3-8-21-9-7-18-17(15)21/h1-9,11,19H,10H2,(H,20,22). The Kier molecular flexibility index (Phi) is 2.89. The van der Waals surface area contributed by atoms with E-state index in [2.05, 4.69) is 15.3 Å². The van der Waals surface area contributed by atoms with Gasteiger partial charge in [0.2, 0.25) is 5.91 Å². The molecular weight excluding hydrogens is 276 g/mol. The van der Waals surface area contributed by atoms with Crippen LogP contribution >= 0.6 is 0 Å². The van der Waals surface area contributed by atoms with E-state index in [1.165, 1.54) is 0 Å². The van der Waals surface area contributed by atoms with E-state index in [0.29, 0.717) is 6.42 Å². The van der Waals surface area contributed by atoms with Gasteiger partial charge in [0.05, 0.1) is 12.1 Å². The average Bonchev–Trinajstić information content (AvgIpc) is 3.15. The monoisotopic (exact) mass is 290 g/mol. The predicted octanol–water partition coefficient (Wildman–Crippen LogP) is 3.00. The number of hydrogen-bond acceptors (Lipinski definition) is 2. The maximum absolute atomic E-state index is 12.3. The van der Waals surface area contributed by atoms with Crippen LogP contribution in [0.25, 0.3) is 16.6 Å². The fourth-order valence-corrected chi connectivity index (χ4v) is 2.69. The van der Waals surface area contributed by atoms with Crippen LogP contribution < -0.4 is 5.32 Å². The molecule has 0 fully saturated rings. The van der Waals surface area contributed by atoms with Gasteiger partial charge in [-0.1, -0.05) is 18.2 Å². The fraction of sp³-hybridized carbons (Fsp3) is 0.0588. The van der Waals surface area contributed by atoms with Gasteiger partial charge in [0.15, 0.2) is 5.65 Å². The number of hydrogen-bond donors (Lipinski definition) is 2. The molecule has 1 amide bonds. The molecule has 4 rings (SSSR count). The molecule has 0 unspecified atom stereocenters. The minimum Gasteiger partial charge on any atom is -0.361 e. The molecule has 0 aliphatic rings. The number of carbonyl (C=O) groups excluding carboxylic acids is 1. The summed E-state index contributed by atoms with van der Waals surface area (Å²) in [6, 6.07) is 11.7. The fourth-order valence-electron chi connectivity index (χ4n) is 2.69. The number of rotatable bonds is 3. The molecule has 5 heteroatoms. The molecule has 5 nitrogen and oxygen atoms in total. The van der Waals surface area contributed by atoms with Crippen LogP contribution in [-0.4, -0.2) is 20.3 Å². The third kappa shape index (κ3) is 2.13. The Morgan fingerprint density at radius 2 is 2.09 bits per heavy atom. The maximum Gasteiger partial charge on any atom is 0.228 e. The van der Waals surface area contributed by atoms with Gasteiger partial charge in [-0.2, -0.15) is 0 Å². The van der Waals surface area contributed by atoms with Gasteiger partial charge >= 0.3 is 0 Å². The van der Waals surface area contributed by atoms with Crippen molar-refractivity contribution >= 4 is 28.1 Å². The second-order valence-corrected chi connectivity index (χ2v) is 5.16. The highest BCUT2D eigenvalue weighted by Crippen LogP contribution is 2.19. The van der Waals surface area contributed by atoms with Crippen LogP contribution in [0, 0.1) is 0 Å². The molecule has 1 aromatic carbocycles. The number of amides is 1. The molecule has 0 aliphatic heterocycles. The van der Waals surface area contributed by atoms with Crippen molar-refractivity contribution in [1.29, 1.82) is 0 Å². The van der Waals surface area contributed by atoms with Gasteiger partial charge in [-0.3, -0.25) is 4.79 Å². The van der Waals surface area contributed by atoms with Gasteiger partial charge < -0.3 is 14.7 Å². The summed E-state index contributed by atoms with van der Waals surface area (Å²) in [5, 5.41) is 4.02. The summed E-state index contributed by atoms with van der Waals surface area (Å²) in [4.78, 5) is 19.8. The molecule has 0 saturated heterocycles. The highest BCUT2D eigenvalue weighted by molar-refractivity contribution is 5.98. The lowest BCUT2D eigenvalue weighted by Crippen LogP contribution is -2.14. The van der Waals surface area contributed by atoms with Gasteiger partial charge in [-0.25, -0.2) is 4.98 Å². The lowest BCUT2D eigenvalue weighted by atomic mass is 10.1. The van der Waals surface area contributed by atoms with E-state index in [1.807, 2.05) is 59.4 Å². The van der Waals surface area contributed by atoms with Gasteiger partial charge in [0.25, 0.3) is 0 Å². The largest absolute Gasteiger partial charge is 0.361 e. The number of anilines is 1. The van der Waals surface area contributed by atoms with Gasteiger partial charge in [-0.05, 0) is 23.8 Å². The van der Waals surface area contributed by atoms with Gasteiger partial charge in [0, 0.05) is 35.7 Å². The highest BCUT2D eigenvalue weighted by Gasteiger charge is 2.10. The highest BCUT2D eigenvalue weighted by atomic mass is 16.1. The topological polar surface area (TPSA) is 62.2 Å². The second kappa shape index (κ2) is 5.04. The number of aromatic amines is 1. The Morgan fingerprint density at radius 3 is 3.05 bits per heavy atom. The van der Waals surface area contributed by atoms with Crippen LogP contribution in [0.5, 0.6) is 0 Å². The SMILES string of the molecule is O=C(Cc1c[nH]c2ccccc12)Nc1cccn2ccnc12. The van der Waals surface area contributed by atoms with E-state index in [1.54, 1.807) is 6.20 Å². The summed E-state index contributed by atoms with van der Waals surface area (Å²) >= 11 is 0. The van der Waals surface area contributed by atoms with Crippen molar-refractivity contribution in [3.05, 3.63) is 66.7 Å². The number of nitrogens with one attached hydrogen (secondary N) is 2. The summed E-state index contributed by atoms with van der Waals surface area (Å²) < 4.78 is 1.88. The number of H-pyrrole nitrogens is 1. The first-order valence-corrected chi connectivity index (χ1v) is 7.08. The molecule has 0 aliphatic carbocycles. The van der Waals surface area contributed by atoms with Crippen molar-refractivity contribution in [2.24, 2.45) is 0 Å². The summed E-state index contributed by atoms with van der Waals surface area (Å²) in [5.41, 5.74) is 3.50. The molecule has 0 radical (unpaired) electrons. The zero-order valence-electron chi connectivity index (χ0n) is 11.8. The average molecular weight is 290 g/mol. The molecule has 0 atom stereocenters. The Bertz CT molecular complexity index is 967. The summed E-state index contributed by atoms with van der Waals surface area (Å²) in [5.74, 6) is -0.0548. The molecule has 2 N–H and O–H groups in total. The number of imidazole rings is 1. The Hall–Kier alpha value is -3.08. The molecule has 3 heterocycles. The van der Waals surface area contributed by atoms with E-state index in [9.17, 15) is 4.79 Å². The van der Waals surface area contributed by atoms with Crippen LogP contribution in [0.15, 0.2) is 61.2 Å². The van der Waals surface area contributed by atoms with Crippen LogP contribution in [-0.2, 0) is 11.2 Å². The van der Waals surface area contributed by atoms with E-state index >= 15 is 0 Å². The summed E-state index contributed by atoms with van der Waals surface area (Å²) in [7, 11) is 0. The molecule has 0 bridgehead atoms. The number of carbonyl (C=O) groups is 1. The first kappa shape index (κ1) is 12.6. The number of para-hydroxylation sites is 1. The molecule has 3 aromatic heterocycles. The lowest BCUT2D eigenvalue weighted by molar-refractivity contribution is -0.115. The number of pyridine rings is 1. The predicted molar refractivity (Wildman–Crippen MR) is 85.8 cm³/mol. The zero-order chi connectivity index (χ0) is 14.9. The van der Waals surface area contributed by atoms with Gasteiger partial charge in [0.1, 0.15) is 0 Å². The molecule has 4 aromatic rings. The first-order valence-electron chi connectivity index (χ1n) is 7.08. The number of benzene rings is 1. The van der Waals surface area contributed by atoms with Gasteiger partial charge in [-0.15, -0.1) is 0 Å². The smallest absolute Gasteiger partial charge is 0.228 e. The van der Waals surface area contributed by atoms with Crippen LogP contribution in [0.2, 0.25) is 0 Å². The minimum atomic E-state index is -0.0548. The van der Waals surface area contributed by atoms with Crippen molar-refractivity contribution in [3.8, 4) is 0 Å². The van der Waals surface area contributed by atoms with E-state index in [-0.39, 0.29) is 5.91 Å². The maximum atomic E-state index is 12.3. The molecule has 108 valence electrons. The first-order chi connectivity index (χ1) is 10.8. The zero-order valence-corrected chi connectivity index (χ0v) is 11.8. The molecular formula is C17H14N4O. The van der Waals surface area contributed by atoms with Crippen molar-refractivity contribution in [2.75, 3.05) is 5.32 Å². The quantitative estimate of drug-likeness (QED) is 0.609. The molecule has 22 heavy (non-hydrogen) atoms. The summed E-state index contributed by atoms with van der Waals surface area (Å²) in [6.45, 7) is 0. The Balaban J connectivity index is 1.59. The number of aromatic nitrogens is 3. The van der Waals surface area contributed by atoms with Crippen LogP contribution in [0.4, 0.5) is 5.69 Å². The Morgan fingerprint density at radius 1 is 1.18 bits per heavy atom. The summed E-state index contributed by atoms with van der Waals surface area (Å²) in [6.07, 6.45) is 7.68. The number of nitrogens with zero attached hydrogens (tertiary/aromatic N) is 2. The molecule has 0 saturated carbocycles. The van der Waals surface area contributed by atoms with Crippen molar-refractivity contribution in [2.45, 2.75) is 6.42 Å². The minimum absolute atomic E-state index is 0.0548. The normalized spacial score (nSPS) is 11.1. The molecule has 0 spiro atoms. The van der Waals surface area contributed by atoms with E-state index < -0.39 is 0 Å². The van der Waals surface area contributed by atoms with Crippen molar-refractivity contribution in [1.82, 2.24) is 14.4 Å². The lowest BCUT2D eigenvalue weighted by Gasteiger charge is -2.06. The third-order valence-electron chi connectivity index (χ3n) is 3.72. The van der Waals surface area contributed by atoms with Crippen LogP contribution in [0.3, 0.4) is 0 Å². The third-order valence-corrected chi connectivity index (χ3v) is 3.72. The Labute approximate surface area is 126 Å². The van der Waals surface area contributed by atoms with E-state index in [0.717, 1.165) is 27.8 Å². The van der Waals surface area contributed by atoms with Crippen molar-refractivity contribution < 1.29 is 4.79 Å². The number of fused-ring (bicyclic) bond motifs is 2. The van der Waals surface area contributed by atoms with E-state index in [4.69, 9.17) is 0 Å². The van der Waals surface area contributed by atoms with Crippen molar-refractivity contribution in [3.63, 3.8) is 0 Å². The van der Waals surface area contributed by atoms with Crippen LogP contribution in [0.1, 0.15) is 5.56 Å².